The second-order valence-electron chi connectivity index (χ2n) is 5.70. The van der Waals surface area contributed by atoms with Crippen molar-refractivity contribution in [1.82, 2.24) is 10.3 Å². The molecule has 0 saturated carbocycles. The number of rotatable bonds is 3. The van der Waals surface area contributed by atoms with Crippen LogP contribution in [0.15, 0.2) is 22.6 Å². The normalized spacial score (nSPS) is 12.9. The van der Waals surface area contributed by atoms with E-state index in [1.54, 1.807) is 26.8 Å². The quantitative estimate of drug-likeness (QED) is 0.791. The Morgan fingerprint density at radius 1 is 1.41 bits per heavy atom. The summed E-state index contributed by atoms with van der Waals surface area (Å²) in [6.45, 7) is 5.06. The Morgan fingerprint density at radius 3 is 2.68 bits per heavy atom. The summed E-state index contributed by atoms with van der Waals surface area (Å²) in [5, 5.41) is 11.6. The monoisotopic (exact) mass is 307 g/mol. The van der Waals surface area contributed by atoms with Gasteiger partial charge in [0.1, 0.15) is 11.1 Å². The van der Waals surface area contributed by atoms with Crippen LogP contribution in [0.5, 0.6) is 0 Å². The highest BCUT2D eigenvalue weighted by Crippen LogP contribution is 2.22. The summed E-state index contributed by atoms with van der Waals surface area (Å²) in [6.07, 6.45) is -0.820. The molecule has 1 heterocycles. The number of hydrogen-bond donors (Lipinski definition) is 3. The van der Waals surface area contributed by atoms with Crippen molar-refractivity contribution in [3.8, 4) is 0 Å². The number of carboxylic acid groups (broad SMARTS) is 1. The van der Waals surface area contributed by atoms with Crippen LogP contribution in [-0.4, -0.2) is 27.8 Å². The number of nitrogens with two attached hydrogens (primary N) is 1. The number of carboxylic acids is 1. The SMILES string of the molecule is CC(C)(C)OC(=O)N[C@@H](C(=O)O)c1ccc2oc(N)nc2c1. The van der Waals surface area contributed by atoms with Crippen LogP contribution in [0.3, 0.4) is 0 Å². The van der Waals surface area contributed by atoms with Gasteiger partial charge in [0.25, 0.3) is 6.01 Å². The zero-order chi connectivity index (χ0) is 16.5. The number of hydrogen-bond acceptors (Lipinski definition) is 6. The Balaban J connectivity index is 2.26. The van der Waals surface area contributed by atoms with Gasteiger partial charge in [-0.25, -0.2) is 9.59 Å². The zero-order valence-corrected chi connectivity index (χ0v) is 12.4. The fourth-order valence-corrected chi connectivity index (χ4v) is 1.85. The zero-order valence-electron chi connectivity index (χ0n) is 12.4. The first-order valence-electron chi connectivity index (χ1n) is 6.54. The molecule has 0 unspecified atom stereocenters. The number of amides is 1. The van der Waals surface area contributed by atoms with E-state index >= 15 is 0 Å². The molecule has 0 radical (unpaired) electrons. The van der Waals surface area contributed by atoms with Crippen LogP contribution in [0, 0.1) is 0 Å². The van der Waals surface area contributed by atoms with Gasteiger partial charge in [-0.05, 0) is 38.5 Å². The summed E-state index contributed by atoms with van der Waals surface area (Å²) < 4.78 is 10.2. The molecule has 1 aromatic carbocycles. The molecule has 0 aliphatic heterocycles. The number of aliphatic carboxylic acids is 1. The van der Waals surface area contributed by atoms with Crippen LogP contribution in [-0.2, 0) is 9.53 Å². The van der Waals surface area contributed by atoms with E-state index in [0.717, 1.165) is 0 Å². The van der Waals surface area contributed by atoms with Gasteiger partial charge < -0.3 is 25.3 Å². The van der Waals surface area contributed by atoms with Gasteiger partial charge in [0.2, 0.25) is 0 Å². The number of aromatic nitrogens is 1. The molecule has 2 rings (SSSR count). The molecule has 0 fully saturated rings. The fraction of sp³-hybridized carbons (Fsp3) is 0.357. The molecule has 22 heavy (non-hydrogen) atoms. The summed E-state index contributed by atoms with van der Waals surface area (Å²) in [4.78, 5) is 27.1. The number of oxazole rings is 1. The number of anilines is 1. The molecule has 118 valence electrons. The Kier molecular flexibility index (Phi) is 3.94. The predicted octanol–water partition coefficient (Wildman–Crippen LogP) is 2.06. The fourth-order valence-electron chi connectivity index (χ4n) is 1.85. The number of nitrogen functional groups attached to an aromatic ring is 1. The molecule has 8 nitrogen and oxygen atoms in total. The van der Waals surface area contributed by atoms with E-state index in [2.05, 4.69) is 10.3 Å². The topological polar surface area (TPSA) is 128 Å². The van der Waals surface area contributed by atoms with Crippen LogP contribution in [0.2, 0.25) is 0 Å². The highest BCUT2D eigenvalue weighted by atomic mass is 16.6. The van der Waals surface area contributed by atoms with Gasteiger partial charge in [-0.1, -0.05) is 6.07 Å². The van der Waals surface area contributed by atoms with Crippen LogP contribution in [0.1, 0.15) is 32.4 Å². The van der Waals surface area contributed by atoms with Gasteiger partial charge >= 0.3 is 12.1 Å². The second kappa shape index (κ2) is 5.55. The third-order valence-corrected chi connectivity index (χ3v) is 2.67. The smallest absolute Gasteiger partial charge is 0.408 e. The maximum Gasteiger partial charge on any atom is 0.408 e. The Morgan fingerprint density at radius 2 is 2.09 bits per heavy atom. The maximum absolute atomic E-state index is 11.8. The first-order valence-corrected chi connectivity index (χ1v) is 6.54. The maximum atomic E-state index is 11.8. The van der Waals surface area contributed by atoms with E-state index in [1.807, 2.05) is 0 Å². The summed E-state index contributed by atoms with van der Waals surface area (Å²) >= 11 is 0. The van der Waals surface area contributed by atoms with Crippen molar-refractivity contribution in [3.63, 3.8) is 0 Å². The van der Waals surface area contributed by atoms with E-state index in [9.17, 15) is 14.7 Å². The number of fused-ring (bicyclic) bond motifs is 1. The first-order chi connectivity index (χ1) is 10.2. The van der Waals surface area contributed by atoms with Crippen molar-refractivity contribution >= 4 is 29.2 Å². The molecular weight excluding hydrogens is 290 g/mol. The number of benzene rings is 1. The minimum Gasteiger partial charge on any atom is -0.479 e. The van der Waals surface area contributed by atoms with E-state index < -0.39 is 23.7 Å². The van der Waals surface area contributed by atoms with Crippen molar-refractivity contribution < 1.29 is 23.8 Å². The average Bonchev–Trinajstić information content (AvgIpc) is 2.72. The molecule has 0 aliphatic rings. The summed E-state index contributed by atoms with van der Waals surface area (Å²) in [5.74, 6) is -1.22. The van der Waals surface area contributed by atoms with Gasteiger partial charge in [0, 0.05) is 0 Å². The molecule has 4 N–H and O–H groups in total. The average molecular weight is 307 g/mol. The van der Waals surface area contributed by atoms with E-state index in [0.29, 0.717) is 16.7 Å². The Bertz CT molecular complexity index is 717. The Hall–Kier alpha value is -2.77. The van der Waals surface area contributed by atoms with Gasteiger partial charge in [-0.2, -0.15) is 4.98 Å². The molecular formula is C14H17N3O5. The van der Waals surface area contributed by atoms with Crippen molar-refractivity contribution in [2.24, 2.45) is 0 Å². The lowest BCUT2D eigenvalue weighted by Crippen LogP contribution is -2.38. The molecule has 0 bridgehead atoms. The van der Waals surface area contributed by atoms with Crippen LogP contribution >= 0.6 is 0 Å². The van der Waals surface area contributed by atoms with Gasteiger partial charge in [-0.3, -0.25) is 0 Å². The third-order valence-electron chi connectivity index (χ3n) is 2.67. The molecule has 1 atom stereocenters. The number of ether oxygens (including phenoxy) is 1. The molecule has 0 spiro atoms. The van der Waals surface area contributed by atoms with Crippen LogP contribution in [0.4, 0.5) is 10.8 Å². The van der Waals surface area contributed by atoms with Crippen LogP contribution < -0.4 is 11.1 Å². The lowest BCUT2D eigenvalue weighted by atomic mass is 10.1. The number of nitrogens with zero attached hydrogens (tertiary/aromatic N) is 1. The summed E-state index contributed by atoms with van der Waals surface area (Å²) in [6, 6.07) is 3.27. The molecule has 0 saturated heterocycles. The Labute approximate surface area is 126 Å². The van der Waals surface area contributed by atoms with Crippen molar-refractivity contribution in [2.75, 3.05) is 5.73 Å². The van der Waals surface area contributed by atoms with Gasteiger partial charge in [-0.15, -0.1) is 0 Å². The third kappa shape index (κ3) is 3.66. The highest BCUT2D eigenvalue weighted by molar-refractivity contribution is 5.83. The molecule has 8 heteroatoms. The summed E-state index contributed by atoms with van der Waals surface area (Å²) in [7, 11) is 0. The van der Waals surface area contributed by atoms with Gasteiger partial charge in [0.05, 0.1) is 0 Å². The number of carbonyl (C=O) groups excluding carboxylic acids is 1. The minimum atomic E-state index is -1.27. The molecule has 1 aromatic heterocycles. The van der Waals surface area contributed by atoms with E-state index in [-0.39, 0.29) is 6.01 Å². The highest BCUT2D eigenvalue weighted by Gasteiger charge is 2.26. The molecule has 2 aromatic rings. The van der Waals surface area contributed by atoms with Crippen molar-refractivity contribution in [2.45, 2.75) is 32.4 Å². The molecule has 1 amide bonds. The number of alkyl carbamates (subject to hydrolysis) is 1. The van der Waals surface area contributed by atoms with Crippen molar-refractivity contribution in [1.29, 1.82) is 0 Å². The minimum absolute atomic E-state index is 0.0147. The number of carbonyl (C=O) groups is 2. The van der Waals surface area contributed by atoms with E-state index in [4.69, 9.17) is 14.9 Å². The first kappa shape index (κ1) is 15.6. The predicted molar refractivity (Wildman–Crippen MR) is 78.2 cm³/mol. The lowest BCUT2D eigenvalue weighted by molar-refractivity contribution is -0.139. The standard InChI is InChI=1S/C14H17N3O5/c1-14(2,3)22-13(20)17-10(11(18)19)7-4-5-9-8(6-7)16-12(15)21-9/h4-6,10H,1-3H3,(H2,15,16)(H,17,20)(H,18,19)/t10-/m1/s1. The second-order valence-corrected chi connectivity index (χ2v) is 5.70. The largest absolute Gasteiger partial charge is 0.479 e. The van der Waals surface area contributed by atoms with E-state index in [1.165, 1.54) is 12.1 Å². The summed E-state index contributed by atoms with van der Waals surface area (Å²) in [5.41, 5.74) is 5.89. The van der Waals surface area contributed by atoms with Crippen LogP contribution in [0.25, 0.3) is 11.1 Å². The lowest BCUT2D eigenvalue weighted by Gasteiger charge is -2.22. The van der Waals surface area contributed by atoms with Crippen molar-refractivity contribution in [3.05, 3.63) is 23.8 Å². The number of nitrogens with one attached hydrogen (secondary N) is 1. The molecule has 0 aliphatic carbocycles. The van der Waals surface area contributed by atoms with Gasteiger partial charge in [0.15, 0.2) is 11.6 Å².